The molecule has 5 heteroatoms. The summed E-state index contributed by atoms with van der Waals surface area (Å²) in [6.07, 6.45) is 3.77. The molecular formula is C11H10FN3O. The van der Waals surface area contributed by atoms with E-state index in [0.29, 0.717) is 12.2 Å². The number of H-pyrrole nitrogens is 1. The lowest BCUT2D eigenvalue weighted by Crippen LogP contribution is -2.17. The van der Waals surface area contributed by atoms with Crippen molar-refractivity contribution < 1.29 is 4.39 Å². The number of hydrogen-bond donors (Lipinski definition) is 1. The molecule has 0 aliphatic rings. The van der Waals surface area contributed by atoms with Crippen molar-refractivity contribution in [1.82, 2.24) is 15.0 Å². The lowest BCUT2D eigenvalue weighted by Gasteiger charge is -2.02. The Bertz CT molecular complexity index is 551. The first kappa shape index (κ1) is 10.5. The maximum Gasteiger partial charge on any atom is 0.287 e. The largest absolute Gasteiger partial charge is 0.308 e. The highest BCUT2D eigenvalue weighted by atomic mass is 19.1. The van der Waals surface area contributed by atoms with Crippen LogP contribution in [-0.2, 0) is 6.42 Å². The van der Waals surface area contributed by atoms with E-state index in [4.69, 9.17) is 0 Å². The molecule has 16 heavy (non-hydrogen) atoms. The summed E-state index contributed by atoms with van der Waals surface area (Å²) in [7, 11) is 0. The Morgan fingerprint density at radius 3 is 2.69 bits per heavy atom. The third-order valence-corrected chi connectivity index (χ3v) is 2.20. The number of halogens is 1. The SMILES string of the molecule is Cc1nc(Cc2ccncc2)[nH]c(=O)c1F. The van der Waals surface area contributed by atoms with Crippen LogP contribution in [0.1, 0.15) is 17.1 Å². The smallest absolute Gasteiger partial charge is 0.287 e. The lowest BCUT2D eigenvalue weighted by atomic mass is 10.2. The number of hydrogen-bond acceptors (Lipinski definition) is 3. The van der Waals surface area contributed by atoms with Gasteiger partial charge in [-0.15, -0.1) is 0 Å². The van der Waals surface area contributed by atoms with Crippen LogP contribution in [0.3, 0.4) is 0 Å². The van der Waals surface area contributed by atoms with Crippen molar-refractivity contribution in [2.45, 2.75) is 13.3 Å². The van der Waals surface area contributed by atoms with Crippen molar-refractivity contribution in [3.63, 3.8) is 0 Å². The first-order valence-corrected chi connectivity index (χ1v) is 4.81. The maximum absolute atomic E-state index is 13.0. The molecule has 0 radical (unpaired) electrons. The molecule has 0 spiro atoms. The fourth-order valence-corrected chi connectivity index (χ4v) is 1.41. The highest BCUT2D eigenvalue weighted by Gasteiger charge is 2.07. The van der Waals surface area contributed by atoms with Crippen molar-refractivity contribution in [2.24, 2.45) is 0 Å². The molecule has 82 valence electrons. The van der Waals surface area contributed by atoms with E-state index in [9.17, 15) is 9.18 Å². The van der Waals surface area contributed by atoms with Crippen LogP contribution >= 0.6 is 0 Å². The molecule has 2 rings (SSSR count). The molecule has 2 heterocycles. The fourth-order valence-electron chi connectivity index (χ4n) is 1.41. The number of rotatable bonds is 2. The van der Waals surface area contributed by atoms with Gasteiger partial charge in [-0.05, 0) is 24.6 Å². The van der Waals surface area contributed by atoms with Crippen LogP contribution in [0.5, 0.6) is 0 Å². The summed E-state index contributed by atoms with van der Waals surface area (Å²) in [4.78, 5) is 21.4. The van der Waals surface area contributed by atoms with Crippen LogP contribution in [-0.4, -0.2) is 15.0 Å². The van der Waals surface area contributed by atoms with Crippen LogP contribution in [0.25, 0.3) is 0 Å². The summed E-state index contributed by atoms with van der Waals surface area (Å²) in [5.74, 6) is -0.367. The average molecular weight is 219 g/mol. The Balaban J connectivity index is 2.33. The zero-order chi connectivity index (χ0) is 11.5. The molecule has 0 saturated carbocycles. The summed E-state index contributed by atoms with van der Waals surface area (Å²) in [6.45, 7) is 1.47. The monoisotopic (exact) mass is 219 g/mol. The number of nitrogens with one attached hydrogen (secondary N) is 1. The van der Waals surface area contributed by atoms with Crippen molar-refractivity contribution >= 4 is 0 Å². The fraction of sp³-hybridized carbons (Fsp3) is 0.182. The Hall–Kier alpha value is -2.04. The molecule has 0 saturated heterocycles. The second kappa shape index (κ2) is 4.22. The Morgan fingerprint density at radius 2 is 2.06 bits per heavy atom. The third-order valence-electron chi connectivity index (χ3n) is 2.20. The molecule has 4 nitrogen and oxygen atoms in total. The minimum atomic E-state index is -0.821. The maximum atomic E-state index is 13.0. The number of aromatic amines is 1. The van der Waals surface area contributed by atoms with Gasteiger partial charge >= 0.3 is 0 Å². The van der Waals surface area contributed by atoms with Crippen molar-refractivity contribution in [2.75, 3.05) is 0 Å². The van der Waals surface area contributed by atoms with Crippen LogP contribution < -0.4 is 5.56 Å². The molecule has 2 aromatic rings. The Kier molecular flexibility index (Phi) is 2.76. The molecule has 1 N–H and O–H groups in total. The molecule has 0 fully saturated rings. The van der Waals surface area contributed by atoms with E-state index in [1.165, 1.54) is 6.92 Å². The van der Waals surface area contributed by atoms with Gasteiger partial charge in [-0.2, -0.15) is 4.39 Å². The quantitative estimate of drug-likeness (QED) is 0.825. The van der Waals surface area contributed by atoms with Gasteiger partial charge in [0.25, 0.3) is 5.56 Å². The van der Waals surface area contributed by atoms with Gasteiger partial charge < -0.3 is 4.98 Å². The van der Waals surface area contributed by atoms with E-state index in [1.807, 2.05) is 12.1 Å². The van der Waals surface area contributed by atoms with E-state index in [-0.39, 0.29) is 5.69 Å². The van der Waals surface area contributed by atoms with E-state index >= 15 is 0 Å². The first-order valence-electron chi connectivity index (χ1n) is 4.81. The summed E-state index contributed by atoms with van der Waals surface area (Å²) >= 11 is 0. The van der Waals surface area contributed by atoms with E-state index in [0.717, 1.165) is 5.56 Å². The molecule has 0 atom stereocenters. The second-order valence-corrected chi connectivity index (χ2v) is 3.44. The molecule has 0 aliphatic carbocycles. The first-order chi connectivity index (χ1) is 7.66. The Labute approximate surface area is 91.2 Å². The molecule has 2 aromatic heterocycles. The highest BCUT2D eigenvalue weighted by molar-refractivity contribution is 5.16. The highest BCUT2D eigenvalue weighted by Crippen LogP contribution is 2.04. The summed E-state index contributed by atoms with van der Waals surface area (Å²) in [5.41, 5.74) is 0.355. The van der Waals surface area contributed by atoms with Crippen LogP contribution in [0, 0.1) is 12.7 Å². The lowest BCUT2D eigenvalue weighted by molar-refractivity contribution is 0.583. The van der Waals surface area contributed by atoms with Gasteiger partial charge in [0.2, 0.25) is 5.82 Å². The van der Waals surface area contributed by atoms with Gasteiger partial charge in [0.15, 0.2) is 0 Å². The molecule has 0 amide bonds. The molecule has 0 aliphatic heterocycles. The zero-order valence-corrected chi connectivity index (χ0v) is 8.70. The predicted octanol–water partition coefficient (Wildman–Crippen LogP) is 1.20. The zero-order valence-electron chi connectivity index (χ0n) is 8.70. The number of nitrogens with zero attached hydrogens (tertiary/aromatic N) is 2. The van der Waals surface area contributed by atoms with Gasteiger partial charge in [0.05, 0.1) is 5.69 Å². The summed E-state index contributed by atoms with van der Waals surface area (Å²) < 4.78 is 13.0. The van der Waals surface area contributed by atoms with E-state index < -0.39 is 11.4 Å². The van der Waals surface area contributed by atoms with Crippen molar-refractivity contribution in [1.29, 1.82) is 0 Å². The van der Waals surface area contributed by atoms with Gasteiger partial charge in [-0.3, -0.25) is 9.78 Å². The van der Waals surface area contributed by atoms with Crippen molar-refractivity contribution in [3.8, 4) is 0 Å². The van der Waals surface area contributed by atoms with E-state index in [1.54, 1.807) is 12.4 Å². The van der Waals surface area contributed by atoms with Crippen LogP contribution in [0.15, 0.2) is 29.3 Å². The molecule has 0 aromatic carbocycles. The topological polar surface area (TPSA) is 58.6 Å². The second-order valence-electron chi connectivity index (χ2n) is 3.44. The number of pyridine rings is 1. The molecular weight excluding hydrogens is 209 g/mol. The van der Waals surface area contributed by atoms with E-state index in [2.05, 4.69) is 15.0 Å². The minimum absolute atomic E-state index is 0.118. The third kappa shape index (κ3) is 2.13. The molecule has 0 unspecified atom stereocenters. The molecule has 0 bridgehead atoms. The van der Waals surface area contributed by atoms with Crippen LogP contribution in [0.2, 0.25) is 0 Å². The normalized spacial score (nSPS) is 10.4. The average Bonchev–Trinajstić information content (AvgIpc) is 2.27. The van der Waals surface area contributed by atoms with Gasteiger partial charge in [0, 0.05) is 18.8 Å². The van der Waals surface area contributed by atoms with Crippen molar-refractivity contribution in [3.05, 3.63) is 57.8 Å². The van der Waals surface area contributed by atoms with Gasteiger partial charge in [-0.25, -0.2) is 4.98 Å². The Morgan fingerprint density at radius 1 is 1.38 bits per heavy atom. The van der Waals surface area contributed by atoms with Gasteiger partial charge in [-0.1, -0.05) is 0 Å². The number of aryl methyl sites for hydroxylation is 1. The number of aromatic nitrogens is 3. The minimum Gasteiger partial charge on any atom is -0.308 e. The van der Waals surface area contributed by atoms with Crippen LogP contribution in [0.4, 0.5) is 4.39 Å². The summed E-state index contributed by atoms with van der Waals surface area (Å²) in [6, 6.07) is 3.64. The van der Waals surface area contributed by atoms with Gasteiger partial charge in [0.1, 0.15) is 5.82 Å². The standard InChI is InChI=1S/C11H10FN3O/c1-7-10(12)11(16)15-9(14-7)6-8-2-4-13-5-3-8/h2-5H,6H2,1H3,(H,14,15,16). The predicted molar refractivity (Wildman–Crippen MR) is 56.6 cm³/mol. The summed E-state index contributed by atoms with van der Waals surface area (Å²) in [5, 5.41) is 0.